The molecule has 114 valence electrons. The lowest BCUT2D eigenvalue weighted by Crippen LogP contribution is -2.30. The van der Waals surface area contributed by atoms with E-state index in [-0.39, 0.29) is 0 Å². The van der Waals surface area contributed by atoms with Crippen LogP contribution in [0.2, 0.25) is 0 Å². The molecule has 0 aliphatic carbocycles. The molecule has 1 aliphatic heterocycles. The Bertz CT molecular complexity index is 552. The van der Waals surface area contributed by atoms with Crippen LogP contribution in [-0.2, 0) is 13.0 Å². The molecule has 1 saturated heterocycles. The fraction of sp³-hybridized carbons (Fsp3) is 0.562. The summed E-state index contributed by atoms with van der Waals surface area (Å²) < 4.78 is 5.30. The molecule has 2 aromatic heterocycles. The summed E-state index contributed by atoms with van der Waals surface area (Å²) in [5.41, 5.74) is 1.16. The number of aliphatic hydroxyl groups excluding tert-OH is 1. The Kier molecular flexibility index (Phi) is 4.73. The highest BCUT2D eigenvalue weighted by Crippen LogP contribution is 2.29. The molecular weight excluding hydrogens is 284 g/mol. The first-order valence-corrected chi connectivity index (χ1v) is 8.53. The maximum absolute atomic E-state index is 10.3. The smallest absolute Gasteiger partial charge is 0.132 e. The molecule has 0 radical (unpaired) electrons. The first-order valence-electron chi connectivity index (χ1n) is 7.65. The topological polar surface area (TPSA) is 49.5 Å². The van der Waals surface area contributed by atoms with Crippen molar-refractivity contribution >= 4 is 11.3 Å². The number of likely N-dealkylation sites (tertiary alicyclic amines) is 1. The van der Waals surface area contributed by atoms with Gasteiger partial charge in [0, 0.05) is 18.0 Å². The number of nitrogens with zero attached hydrogens (tertiary/aromatic N) is 2. The van der Waals surface area contributed by atoms with Crippen molar-refractivity contribution in [2.75, 3.05) is 6.54 Å². The predicted octanol–water partition coefficient (Wildman–Crippen LogP) is 3.39. The number of furan rings is 1. The molecule has 0 amide bonds. The van der Waals surface area contributed by atoms with Gasteiger partial charge in [0.2, 0.25) is 0 Å². The summed E-state index contributed by atoms with van der Waals surface area (Å²) in [5, 5.41) is 13.6. The van der Waals surface area contributed by atoms with Gasteiger partial charge in [-0.15, -0.1) is 11.3 Å². The zero-order chi connectivity index (χ0) is 14.7. The van der Waals surface area contributed by atoms with Crippen LogP contribution in [0.1, 0.15) is 48.8 Å². The van der Waals surface area contributed by atoms with Gasteiger partial charge in [0.05, 0.1) is 17.0 Å². The van der Waals surface area contributed by atoms with Gasteiger partial charge in [0.25, 0.3) is 0 Å². The van der Waals surface area contributed by atoms with E-state index in [4.69, 9.17) is 4.42 Å². The van der Waals surface area contributed by atoms with Crippen LogP contribution < -0.4 is 0 Å². The van der Waals surface area contributed by atoms with E-state index >= 15 is 0 Å². The fourth-order valence-electron chi connectivity index (χ4n) is 3.02. The van der Waals surface area contributed by atoms with Crippen LogP contribution >= 0.6 is 11.3 Å². The zero-order valence-electron chi connectivity index (χ0n) is 12.4. The second-order valence-corrected chi connectivity index (χ2v) is 6.56. The Labute approximate surface area is 129 Å². The molecule has 0 aromatic carbocycles. The highest BCUT2D eigenvalue weighted by Gasteiger charge is 2.28. The highest BCUT2D eigenvalue weighted by atomic mass is 32.1. The van der Waals surface area contributed by atoms with Crippen molar-refractivity contribution in [2.24, 2.45) is 0 Å². The summed E-state index contributed by atoms with van der Waals surface area (Å²) >= 11 is 1.74. The predicted molar refractivity (Wildman–Crippen MR) is 83.2 cm³/mol. The van der Waals surface area contributed by atoms with Gasteiger partial charge >= 0.3 is 0 Å². The number of aryl methyl sites for hydroxylation is 1. The van der Waals surface area contributed by atoms with Gasteiger partial charge in [0.15, 0.2) is 0 Å². The van der Waals surface area contributed by atoms with Gasteiger partial charge < -0.3 is 9.52 Å². The van der Waals surface area contributed by atoms with Crippen molar-refractivity contribution in [3.8, 4) is 0 Å². The molecule has 2 aromatic rings. The Morgan fingerprint density at radius 1 is 1.57 bits per heavy atom. The average Bonchev–Trinajstić information content (AvgIpc) is 3.21. The third-order valence-corrected chi connectivity index (χ3v) is 5.17. The van der Waals surface area contributed by atoms with E-state index in [1.54, 1.807) is 17.6 Å². The number of hydrogen-bond acceptors (Lipinski definition) is 5. The van der Waals surface area contributed by atoms with Gasteiger partial charge in [-0.25, -0.2) is 4.98 Å². The average molecular weight is 306 g/mol. The van der Waals surface area contributed by atoms with Crippen molar-refractivity contribution in [3.63, 3.8) is 0 Å². The minimum absolute atomic E-state index is 0.414. The third-order valence-electron chi connectivity index (χ3n) is 4.13. The van der Waals surface area contributed by atoms with E-state index in [2.05, 4.69) is 22.2 Å². The summed E-state index contributed by atoms with van der Waals surface area (Å²) in [6.07, 6.45) is 5.19. The van der Waals surface area contributed by atoms with Crippen molar-refractivity contribution in [2.45, 2.75) is 51.3 Å². The lowest BCUT2D eigenvalue weighted by atomic mass is 10.1. The molecule has 1 aliphatic rings. The van der Waals surface area contributed by atoms with E-state index in [1.165, 1.54) is 11.4 Å². The Morgan fingerprint density at radius 3 is 3.19 bits per heavy atom. The van der Waals surface area contributed by atoms with Crippen LogP contribution in [0.25, 0.3) is 0 Å². The molecule has 0 spiro atoms. The monoisotopic (exact) mass is 306 g/mol. The van der Waals surface area contributed by atoms with E-state index in [1.807, 2.05) is 12.1 Å². The fourth-order valence-corrected chi connectivity index (χ4v) is 3.75. The lowest BCUT2D eigenvalue weighted by molar-refractivity contribution is 0.0991. The molecule has 21 heavy (non-hydrogen) atoms. The maximum atomic E-state index is 10.3. The van der Waals surface area contributed by atoms with Gasteiger partial charge in [-0.1, -0.05) is 6.92 Å². The molecule has 3 heterocycles. The normalized spacial score (nSPS) is 21.0. The van der Waals surface area contributed by atoms with Crippen LogP contribution in [0.5, 0.6) is 0 Å². The summed E-state index contributed by atoms with van der Waals surface area (Å²) in [5.74, 6) is 0.670. The summed E-state index contributed by atoms with van der Waals surface area (Å²) in [4.78, 5) is 7.10. The summed E-state index contributed by atoms with van der Waals surface area (Å²) in [7, 11) is 0. The van der Waals surface area contributed by atoms with E-state index in [9.17, 15) is 5.11 Å². The molecule has 4 nitrogen and oxygen atoms in total. The lowest BCUT2D eigenvalue weighted by Gasteiger charge is -2.25. The third kappa shape index (κ3) is 3.54. The highest BCUT2D eigenvalue weighted by molar-refractivity contribution is 7.09. The van der Waals surface area contributed by atoms with Crippen LogP contribution in [0.3, 0.4) is 0 Å². The molecular formula is C16H22N2O2S. The Morgan fingerprint density at radius 2 is 2.48 bits per heavy atom. The van der Waals surface area contributed by atoms with E-state index in [0.717, 1.165) is 38.0 Å². The molecule has 2 unspecified atom stereocenters. The van der Waals surface area contributed by atoms with Crippen LogP contribution in [0.4, 0.5) is 0 Å². The quantitative estimate of drug-likeness (QED) is 0.889. The first-order chi connectivity index (χ1) is 10.3. The van der Waals surface area contributed by atoms with Crippen molar-refractivity contribution in [3.05, 3.63) is 40.2 Å². The number of rotatable bonds is 6. The second-order valence-electron chi connectivity index (χ2n) is 5.62. The van der Waals surface area contributed by atoms with Gasteiger partial charge in [-0.3, -0.25) is 4.90 Å². The molecule has 0 saturated carbocycles. The summed E-state index contributed by atoms with van der Waals surface area (Å²) in [6, 6.07) is 4.08. The number of aromatic nitrogens is 1. The van der Waals surface area contributed by atoms with Gasteiger partial charge in [0.1, 0.15) is 11.9 Å². The number of hydrogen-bond donors (Lipinski definition) is 1. The van der Waals surface area contributed by atoms with Crippen LogP contribution in [0.15, 0.2) is 28.2 Å². The minimum atomic E-state index is -0.507. The molecule has 1 N–H and O–H groups in total. The number of aliphatic hydroxyl groups is 1. The SMILES string of the molecule is CCc1nc(CN2CCCC2CC(O)c2ccco2)cs1. The van der Waals surface area contributed by atoms with Gasteiger partial charge in [-0.2, -0.15) is 0 Å². The van der Waals surface area contributed by atoms with E-state index in [0.29, 0.717) is 11.8 Å². The van der Waals surface area contributed by atoms with Crippen molar-refractivity contribution in [1.29, 1.82) is 0 Å². The van der Waals surface area contributed by atoms with Gasteiger partial charge in [-0.05, 0) is 44.4 Å². The second kappa shape index (κ2) is 6.73. The molecule has 2 atom stereocenters. The first kappa shape index (κ1) is 14.8. The van der Waals surface area contributed by atoms with Crippen LogP contribution in [0, 0.1) is 0 Å². The maximum Gasteiger partial charge on any atom is 0.132 e. The van der Waals surface area contributed by atoms with E-state index < -0.39 is 6.10 Å². The number of thiazole rings is 1. The molecule has 3 rings (SSSR count). The van der Waals surface area contributed by atoms with Crippen LogP contribution in [-0.4, -0.2) is 27.6 Å². The molecule has 0 bridgehead atoms. The minimum Gasteiger partial charge on any atom is -0.467 e. The largest absolute Gasteiger partial charge is 0.467 e. The summed E-state index contributed by atoms with van der Waals surface area (Å²) in [6.45, 7) is 4.13. The molecule has 5 heteroatoms. The van der Waals surface area contributed by atoms with Crippen molar-refractivity contribution < 1.29 is 9.52 Å². The standard InChI is InChI=1S/C16H22N2O2S/c1-2-16-17-12(11-21-16)10-18-7-3-5-13(18)9-14(19)15-6-4-8-20-15/h4,6,8,11,13-14,19H,2-3,5,7,9-10H2,1H3. The molecule has 1 fully saturated rings. The van der Waals surface area contributed by atoms with Crippen molar-refractivity contribution in [1.82, 2.24) is 9.88 Å². The Hall–Kier alpha value is -1.17. The Balaban J connectivity index is 1.60. The zero-order valence-corrected chi connectivity index (χ0v) is 13.2.